The smallest absolute Gasteiger partial charge is 0.226 e. The van der Waals surface area contributed by atoms with Crippen LogP contribution in [0.15, 0.2) is 0 Å². The lowest BCUT2D eigenvalue weighted by Gasteiger charge is -2.22. The van der Waals surface area contributed by atoms with Gasteiger partial charge in [0.25, 0.3) is 0 Å². The highest BCUT2D eigenvalue weighted by atomic mass is 35.5. The topological polar surface area (TPSA) is 38.3 Å². The van der Waals surface area contributed by atoms with Gasteiger partial charge in [-0.15, -0.1) is 11.6 Å². The fraction of sp³-hybridized carbons (Fsp3) is 0.923. The second-order valence-electron chi connectivity index (χ2n) is 5.02. The second-order valence-corrected chi connectivity index (χ2v) is 5.40. The van der Waals surface area contributed by atoms with Crippen molar-refractivity contribution in [3.8, 4) is 0 Å². The maximum atomic E-state index is 12.2. The quantitative estimate of drug-likeness (QED) is 0.773. The molecule has 4 heteroatoms. The van der Waals surface area contributed by atoms with Crippen molar-refractivity contribution < 1.29 is 9.53 Å². The summed E-state index contributed by atoms with van der Waals surface area (Å²) in [6.07, 6.45) is 1.92. The van der Waals surface area contributed by atoms with Gasteiger partial charge in [0.2, 0.25) is 5.91 Å². The van der Waals surface area contributed by atoms with E-state index < -0.39 is 0 Å². The minimum absolute atomic E-state index is 0.00788. The predicted octanol–water partition coefficient (Wildman–Crippen LogP) is 2.57. The third-order valence-corrected chi connectivity index (χ3v) is 4.06. The van der Waals surface area contributed by atoms with Gasteiger partial charge in [-0.2, -0.15) is 0 Å². The van der Waals surface area contributed by atoms with Crippen molar-refractivity contribution in [1.82, 2.24) is 5.32 Å². The van der Waals surface area contributed by atoms with E-state index in [0.29, 0.717) is 5.88 Å². The fourth-order valence-electron chi connectivity index (χ4n) is 2.53. The first kappa shape index (κ1) is 14.8. The van der Waals surface area contributed by atoms with Crippen LogP contribution in [0, 0.1) is 11.8 Å². The zero-order valence-electron chi connectivity index (χ0n) is 11.2. The average molecular weight is 262 g/mol. The minimum Gasteiger partial charge on any atom is -0.374 e. The van der Waals surface area contributed by atoms with Gasteiger partial charge in [-0.05, 0) is 32.6 Å². The Kier molecular flexibility index (Phi) is 5.74. The molecule has 0 aliphatic carbocycles. The molecule has 5 atom stereocenters. The summed E-state index contributed by atoms with van der Waals surface area (Å²) in [6.45, 7) is 8.16. The van der Waals surface area contributed by atoms with Gasteiger partial charge in [0.05, 0.1) is 18.1 Å². The number of rotatable bonds is 5. The van der Waals surface area contributed by atoms with Crippen LogP contribution in [0.4, 0.5) is 0 Å². The van der Waals surface area contributed by atoms with Crippen molar-refractivity contribution in [2.24, 2.45) is 11.8 Å². The van der Waals surface area contributed by atoms with E-state index in [9.17, 15) is 4.79 Å². The SMILES string of the molecule is CCC(CCCl)NC(=O)C1C(C)OC(C)C1C. The Morgan fingerprint density at radius 3 is 2.41 bits per heavy atom. The summed E-state index contributed by atoms with van der Waals surface area (Å²) in [7, 11) is 0. The molecule has 0 aromatic carbocycles. The summed E-state index contributed by atoms with van der Waals surface area (Å²) in [5.41, 5.74) is 0. The maximum absolute atomic E-state index is 12.2. The molecule has 1 amide bonds. The lowest BCUT2D eigenvalue weighted by molar-refractivity contribution is -0.128. The molecule has 1 heterocycles. The summed E-state index contributed by atoms with van der Waals surface area (Å²) >= 11 is 5.72. The molecule has 0 radical (unpaired) electrons. The summed E-state index contributed by atoms with van der Waals surface area (Å²) in [6, 6.07) is 0.190. The molecule has 17 heavy (non-hydrogen) atoms. The van der Waals surface area contributed by atoms with Crippen LogP contribution in [0.1, 0.15) is 40.5 Å². The van der Waals surface area contributed by atoms with Crippen molar-refractivity contribution in [2.45, 2.75) is 58.8 Å². The van der Waals surface area contributed by atoms with Crippen LogP contribution >= 0.6 is 11.6 Å². The summed E-state index contributed by atoms with van der Waals surface area (Å²) in [5, 5.41) is 3.09. The molecular weight excluding hydrogens is 238 g/mol. The predicted molar refractivity (Wildman–Crippen MR) is 70.2 cm³/mol. The molecular formula is C13H24ClNO2. The minimum atomic E-state index is -0.0330. The Morgan fingerprint density at radius 2 is 2.00 bits per heavy atom. The van der Waals surface area contributed by atoms with Crippen molar-refractivity contribution in [1.29, 1.82) is 0 Å². The largest absolute Gasteiger partial charge is 0.374 e. The summed E-state index contributed by atoms with van der Waals surface area (Å²) in [4.78, 5) is 12.2. The van der Waals surface area contributed by atoms with Gasteiger partial charge in [0, 0.05) is 11.9 Å². The number of nitrogens with one attached hydrogen (secondary N) is 1. The first-order chi connectivity index (χ1) is 8.01. The van der Waals surface area contributed by atoms with E-state index in [0.717, 1.165) is 12.8 Å². The van der Waals surface area contributed by atoms with Crippen LogP contribution < -0.4 is 5.32 Å². The lowest BCUT2D eigenvalue weighted by Crippen LogP contribution is -2.42. The molecule has 1 rings (SSSR count). The molecule has 1 aliphatic rings. The molecule has 0 spiro atoms. The molecule has 0 aromatic rings. The lowest BCUT2D eigenvalue weighted by atomic mass is 9.88. The Bertz CT molecular complexity index is 260. The molecule has 1 aliphatic heterocycles. The van der Waals surface area contributed by atoms with Crippen molar-refractivity contribution in [2.75, 3.05) is 5.88 Å². The molecule has 5 unspecified atom stereocenters. The van der Waals surface area contributed by atoms with E-state index in [4.69, 9.17) is 16.3 Å². The number of carbonyl (C=O) groups excluding carboxylic acids is 1. The normalized spacial score (nSPS) is 34.6. The molecule has 1 N–H and O–H groups in total. The van der Waals surface area contributed by atoms with Crippen molar-refractivity contribution in [3.05, 3.63) is 0 Å². The Labute approximate surface area is 109 Å². The van der Waals surface area contributed by atoms with Gasteiger partial charge >= 0.3 is 0 Å². The number of alkyl halides is 1. The first-order valence-corrected chi connectivity index (χ1v) is 7.06. The number of halogens is 1. The van der Waals surface area contributed by atoms with Crippen LogP contribution in [0.25, 0.3) is 0 Å². The van der Waals surface area contributed by atoms with Gasteiger partial charge in [-0.1, -0.05) is 13.8 Å². The molecule has 0 bridgehead atoms. The molecule has 0 saturated carbocycles. The van der Waals surface area contributed by atoms with E-state index in [1.165, 1.54) is 0 Å². The fourth-order valence-corrected chi connectivity index (χ4v) is 2.79. The second kappa shape index (κ2) is 6.60. The van der Waals surface area contributed by atoms with Gasteiger partial charge in [0.1, 0.15) is 0 Å². The highest BCUT2D eigenvalue weighted by molar-refractivity contribution is 6.17. The van der Waals surface area contributed by atoms with Gasteiger partial charge in [-0.25, -0.2) is 0 Å². The average Bonchev–Trinajstić information content (AvgIpc) is 2.52. The van der Waals surface area contributed by atoms with E-state index >= 15 is 0 Å². The van der Waals surface area contributed by atoms with Crippen LogP contribution in [0.2, 0.25) is 0 Å². The number of hydrogen-bond acceptors (Lipinski definition) is 2. The standard InChI is InChI=1S/C13H24ClNO2/c1-5-11(6-7-14)15-13(16)12-8(2)9(3)17-10(12)4/h8-12H,5-7H2,1-4H3,(H,15,16). The van der Waals surface area contributed by atoms with E-state index in [1.54, 1.807) is 0 Å². The third kappa shape index (κ3) is 3.59. The molecule has 3 nitrogen and oxygen atoms in total. The molecule has 100 valence electrons. The van der Waals surface area contributed by atoms with Crippen molar-refractivity contribution >= 4 is 17.5 Å². The molecule has 0 aromatic heterocycles. The van der Waals surface area contributed by atoms with E-state index in [2.05, 4.69) is 19.2 Å². The Morgan fingerprint density at radius 1 is 1.35 bits per heavy atom. The van der Waals surface area contributed by atoms with Crippen LogP contribution in [-0.4, -0.2) is 30.0 Å². The molecule has 1 fully saturated rings. The number of carbonyl (C=O) groups is 1. The number of amides is 1. The van der Waals surface area contributed by atoms with Crippen LogP contribution in [0.3, 0.4) is 0 Å². The van der Waals surface area contributed by atoms with Gasteiger partial charge < -0.3 is 10.1 Å². The first-order valence-electron chi connectivity index (χ1n) is 6.53. The zero-order chi connectivity index (χ0) is 13.0. The third-order valence-electron chi connectivity index (χ3n) is 3.84. The number of ether oxygens (including phenoxy) is 1. The Hall–Kier alpha value is -0.280. The van der Waals surface area contributed by atoms with Gasteiger partial charge in [-0.3, -0.25) is 4.79 Å². The zero-order valence-corrected chi connectivity index (χ0v) is 12.0. The maximum Gasteiger partial charge on any atom is 0.226 e. The highest BCUT2D eigenvalue weighted by Crippen LogP contribution is 2.32. The monoisotopic (exact) mass is 261 g/mol. The summed E-state index contributed by atoms with van der Waals surface area (Å²) < 4.78 is 5.70. The summed E-state index contributed by atoms with van der Waals surface area (Å²) in [5.74, 6) is 0.945. The molecule has 1 saturated heterocycles. The Balaban J connectivity index is 2.57. The van der Waals surface area contributed by atoms with Gasteiger partial charge in [0.15, 0.2) is 0 Å². The van der Waals surface area contributed by atoms with Crippen molar-refractivity contribution in [3.63, 3.8) is 0 Å². The van der Waals surface area contributed by atoms with Crippen LogP contribution in [-0.2, 0) is 9.53 Å². The van der Waals surface area contributed by atoms with E-state index in [-0.39, 0.29) is 36.0 Å². The highest BCUT2D eigenvalue weighted by Gasteiger charge is 2.41. The number of hydrogen-bond donors (Lipinski definition) is 1. The van der Waals surface area contributed by atoms with Crippen LogP contribution in [0.5, 0.6) is 0 Å². The van der Waals surface area contributed by atoms with E-state index in [1.807, 2.05) is 13.8 Å².